The van der Waals surface area contributed by atoms with E-state index in [2.05, 4.69) is 6.07 Å². The van der Waals surface area contributed by atoms with Crippen LogP contribution in [0.15, 0.2) is 42.5 Å². The first-order chi connectivity index (χ1) is 10.1. The minimum atomic E-state index is -0.789. The van der Waals surface area contributed by atoms with Crippen LogP contribution in [-0.4, -0.2) is 5.90 Å². The van der Waals surface area contributed by atoms with E-state index in [1.165, 1.54) is 12.1 Å². The topological polar surface area (TPSA) is 82.9 Å². The molecule has 0 aromatic heterocycles. The first-order valence-electron chi connectivity index (χ1n) is 6.41. The van der Waals surface area contributed by atoms with Crippen molar-refractivity contribution in [2.45, 2.75) is 5.92 Å². The first kappa shape index (κ1) is 13.1. The summed E-state index contributed by atoms with van der Waals surface area (Å²) in [4.78, 5) is 0. The standard InChI is InChI=1S/C16H12FN3O/c17-10-3-1-2-9(6-10)15-12-5-4-11(19)7-14(12)21-16(20)13(15)8-18/h1-7,13,15,20H,19H2. The maximum absolute atomic E-state index is 13.5. The summed E-state index contributed by atoms with van der Waals surface area (Å²) in [6, 6.07) is 13.2. The van der Waals surface area contributed by atoms with E-state index in [9.17, 15) is 9.65 Å². The Labute approximate surface area is 121 Å². The molecule has 21 heavy (non-hydrogen) atoms. The van der Waals surface area contributed by atoms with Crippen molar-refractivity contribution in [1.29, 1.82) is 10.7 Å². The monoisotopic (exact) mass is 281 g/mol. The fourth-order valence-electron chi connectivity index (χ4n) is 2.61. The molecule has 3 rings (SSSR count). The summed E-state index contributed by atoms with van der Waals surface area (Å²) in [5.41, 5.74) is 7.61. The highest BCUT2D eigenvalue weighted by atomic mass is 19.1. The van der Waals surface area contributed by atoms with Gasteiger partial charge in [0.25, 0.3) is 0 Å². The van der Waals surface area contributed by atoms with Gasteiger partial charge in [-0.1, -0.05) is 18.2 Å². The average molecular weight is 281 g/mol. The molecule has 1 aliphatic heterocycles. The third-order valence-corrected chi connectivity index (χ3v) is 3.56. The lowest BCUT2D eigenvalue weighted by Gasteiger charge is -2.30. The molecule has 2 aromatic carbocycles. The minimum absolute atomic E-state index is 0.148. The van der Waals surface area contributed by atoms with Gasteiger partial charge in [-0.15, -0.1) is 0 Å². The van der Waals surface area contributed by atoms with Gasteiger partial charge in [-0.2, -0.15) is 5.26 Å². The predicted octanol–water partition coefficient (Wildman–Crippen LogP) is 3.05. The molecule has 0 radical (unpaired) electrons. The average Bonchev–Trinajstić information content (AvgIpc) is 2.45. The van der Waals surface area contributed by atoms with Crippen LogP contribution < -0.4 is 10.5 Å². The summed E-state index contributed by atoms with van der Waals surface area (Å²) in [6.45, 7) is 0. The summed E-state index contributed by atoms with van der Waals surface area (Å²) < 4.78 is 18.9. The van der Waals surface area contributed by atoms with Crippen molar-refractivity contribution in [3.8, 4) is 11.8 Å². The van der Waals surface area contributed by atoms with Crippen LogP contribution in [0.2, 0.25) is 0 Å². The molecule has 0 fully saturated rings. The number of anilines is 1. The van der Waals surface area contributed by atoms with Crippen molar-refractivity contribution >= 4 is 11.6 Å². The summed E-state index contributed by atoms with van der Waals surface area (Å²) in [7, 11) is 0. The van der Waals surface area contributed by atoms with Gasteiger partial charge in [-0.05, 0) is 23.8 Å². The summed E-state index contributed by atoms with van der Waals surface area (Å²) in [6.07, 6.45) is 0. The lowest BCUT2D eigenvalue weighted by atomic mass is 9.79. The number of nitrogens with one attached hydrogen (secondary N) is 1. The van der Waals surface area contributed by atoms with E-state index in [4.69, 9.17) is 15.9 Å². The molecule has 0 spiro atoms. The van der Waals surface area contributed by atoms with Gasteiger partial charge in [0.05, 0.1) is 6.07 Å². The highest BCUT2D eigenvalue weighted by Gasteiger charge is 2.36. The quantitative estimate of drug-likeness (QED) is 0.788. The molecule has 104 valence electrons. The lowest BCUT2D eigenvalue weighted by molar-refractivity contribution is 0.450. The molecular weight excluding hydrogens is 269 g/mol. The number of nitriles is 1. The Morgan fingerprint density at radius 3 is 2.76 bits per heavy atom. The molecule has 3 N–H and O–H groups in total. The van der Waals surface area contributed by atoms with Gasteiger partial charge in [-0.3, -0.25) is 5.41 Å². The van der Waals surface area contributed by atoms with Crippen LogP contribution >= 0.6 is 0 Å². The smallest absolute Gasteiger partial charge is 0.205 e. The Kier molecular flexibility index (Phi) is 3.07. The van der Waals surface area contributed by atoms with Crippen molar-refractivity contribution in [3.63, 3.8) is 0 Å². The molecule has 4 nitrogen and oxygen atoms in total. The van der Waals surface area contributed by atoms with Gasteiger partial charge < -0.3 is 10.5 Å². The van der Waals surface area contributed by atoms with Crippen LogP contribution in [0.4, 0.5) is 10.1 Å². The number of benzene rings is 2. The van der Waals surface area contributed by atoms with Gasteiger partial charge >= 0.3 is 0 Å². The van der Waals surface area contributed by atoms with E-state index >= 15 is 0 Å². The predicted molar refractivity (Wildman–Crippen MR) is 76.6 cm³/mol. The molecule has 2 aromatic rings. The molecule has 5 heteroatoms. The number of hydrogen-bond acceptors (Lipinski definition) is 4. The summed E-state index contributed by atoms with van der Waals surface area (Å²) in [5, 5.41) is 17.3. The number of ether oxygens (including phenoxy) is 1. The Morgan fingerprint density at radius 2 is 2.05 bits per heavy atom. The van der Waals surface area contributed by atoms with E-state index in [1.54, 1.807) is 30.3 Å². The molecule has 0 saturated carbocycles. The summed E-state index contributed by atoms with van der Waals surface area (Å²) >= 11 is 0. The molecule has 2 atom stereocenters. The molecule has 1 aliphatic rings. The maximum atomic E-state index is 13.5. The van der Waals surface area contributed by atoms with Crippen LogP contribution in [0.5, 0.6) is 5.75 Å². The zero-order valence-corrected chi connectivity index (χ0v) is 11.0. The first-order valence-corrected chi connectivity index (χ1v) is 6.41. The number of halogens is 1. The number of nitrogens with zero attached hydrogens (tertiary/aromatic N) is 1. The number of fused-ring (bicyclic) bond motifs is 1. The SMILES string of the molecule is N#CC1C(=N)Oc2cc(N)ccc2C1c1cccc(F)c1. The van der Waals surface area contributed by atoms with E-state index in [0.29, 0.717) is 17.0 Å². The number of hydrogen-bond donors (Lipinski definition) is 2. The van der Waals surface area contributed by atoms with Crippen LogP contribution in [0.25, 0.3) is 0 Å². The van der Waals surface area contributed by atoms with Crippen molar-refractivity contribution in [2.24, 2.45) is 5.92 Å². The van der Waals surface area contributed by atoms with Crippen molar-refractivity contribution in [3.05, 3.63) is 59.4 Å². The van der Waals surface area contributed by atoms with Crippen LogP contribution in [-0.2, 0) is 0 Å². The van der Waals surface area contributed by atoms with E-state index in [1.807, 2.05) is 0 Å². The molecule has 0 amide bonds. The second-order valence-electron chi connectivity index (χ2n) is 4.90. The molecule has 0 bridgehead atoms. The lowest BCUT2D eigenvalue weighted by Crippen LogP contribution is -2.31. The molecule has 0 aliphatic carbocycles. The van der Waals surface area contributed by atoms with Crippen LogP contribution in [0.1, 0.15) is 17.0 Å². The van der Waals surface area contributed by atoms with Gasteiger partial charge in [0, 0.05) is 23.2 Å². The number of nitrogens with two attached hydrogens (primary N) is 1. The Hall–Kier alpha value is -2.87. The van der Waals surface area contributed by atoms with E-state index < -0.39 is 11.8 Å². The van der Waals surface area contributed by atoms with Crippen LogP contribution in [0.3, 0.4) is 0 Å². The van der Waals surface area contributed by atoms with Crippen molar-refractivity contribution in [1.82, 2.24) is 0 Å². The van der Waals surface area contributed by atoms with Gasteiger partial charge in [0.2, 0.25) is 5.90 Å². The Balaban J connectivity index is 2.20. The largest absolute Gasteiger partial charge is 0.442 e. The second-order valence-corrected chi connectivity index (χ2v) is 4.90. The van der Waals surface area contributed by atoms with Gasteiger partial charge in [0.1, 0.15) is 17.5 Å². The molecule has 2 unspecified atom stereocenters. The van der Waals surface area contributed by atoms with E-state index in [-0.39, 0.29) is 11.7 Å². The molecule has 0 saturated heterocycles. The third kappa shape index (κ3) is 2.21. The van der Waals surface area contributed by atoms with Gasteiger partial charge in [-0.25, -0.2) is 4.39 Å². The molecular formula is C16H12FN3O. The zero-order valence-electron chi connectivity index (χ0n) is 11.0. The Morgan fingerprint density at radius 1 is 1.24 bits per heavy atom. The normalized spacial score (nSPS) is 20.3. The molecule has 1 heterocycles. The highest BCUT2D eigenvalue weighted by Crippen LogP contribution is 2.42. The fourth-order valence-corrected chi connectivity index (χ4v) is 2.61. The highest BCUT2D eigenvalue weighted by molar-refractivity contribution is 5.85. The maximum Gasteiger partial charge on any atom is 0.205 e. The number of nitrogen functional groups attached to an aromatic ring is 1. The fraction of sp³-hybridized carbons (Fsp3) is 0.125. The number of rotatable bonds is 1. The Bertz CT molecular complexity index is 766. The third-order valence-electron chi connectivity index (χ3n) is 3.56. The summed E-state index contributed by atoms with van der Waals surface area (Å²) in [5.74, 6) is -1.31. The van der Waals surface area contributed by atoms with Crippen molar-refractivity contribution in [2.75, 3.05) is 5.73 Å². The van der Waals surface area contributed by atoms with E-state index in [0.717, 1.165) is 5.56 Å². The minimum Gasteiger partial charge on any atom is -0.442 e. The van der Waals surface area contributed by atoms with Crippen molar-refractivity contribution < 1.29 is 9.13 Å². The second kappa shape index (κ2) is 4.91. The van der Waals surface area contributed by atoms with Crippen LogP contribution in [0, 0.1) is 28.5 Å². The van der Waals surface area contributed by atoms with Gasteiger partial charge in [0.15, 0.2) is 0 Å². The zero-order chi connectivity index (χ0) is 15.0.